The third-order valence-electron chi connectivity index (χ3n) is 6.46. The molecule has 212 valence electrons. The second-order valence-electron chi connectivity index (χ2n) is 8.79. The average Bonchev–Trinajstić information content (AvgIpc) is 2.81. The molecule has 0 aromatic carbocycles. The summed E-state index contributed by atoms with van der Waals surface area (Å²) in [6.45, 7) is 24.7. The lowest BCUT2D eigenvalue weighted by Crippen LogP contribution is -2.61. The number of hydrogen-bond acceptors (Lipinski definition) is 7. The van der Waals surface area contributed by atoms with Crippen LogP contribution in [-0.4, -0.2) is 69.3 Å². The van der Waals surface area contributed by atoms with Crippen LogP contribution < -0.4 is 5.32 Å². The molecule has 0 radical (unpaired) electrons. The standard InChI is InChI=1S/C26H59NO6Si2/c1-11-21-23(25(13-3)34(28-15-5,29-16-6)30-17-7)27-24(22-12-2)26(14-4)35(31-18-8,32-19-9)33-20-10/h23-27H,11-22H2,1-10H3. The average molecular weight is 538 g/mol. The molecule has 7 nitrogen and oxygen atoms in total. The summed E-state index contributed by atoms with van der Waals surface area (Å²) in [6, 6.07) is 0.423. The van der Waals surface area contributed by atoms with Crippen LogP contribution in [0, 0.1) is 0 Å². The molecule has 1 N–H and O–H groups in total. The van der Waals surface area contributed by atoms with Gasteiger partial charge in [-0.3, -0.25) is 0 Å². The van der Waals surface area contributed by atoms with Crippen molar-refractivity contribution in [3.63, 3.8) is 0 Å². The van der Waals surface area contributed by atoms with Crippen molar-refractivity contribution in [2.24, 2.45) is 0 Å². The SMILES string of the molecule is CCCC(NC(CCC)C(CC)[Si](OCC)(OCC)OCC)C(CC)[Si](OCC)(OCC)OCC. The lowest BCUT2D eigenvalue weighted by molar-refractivity contribution is 0.0486. The molecule has 0 amide bonds. The lowest BCUT2D eigenvalue weighted by atomic mass is 10.0. The minimum absolute atomic E-state index is 0.168. The Kier molecular flexibility index (Phi) is 20.2. The zero-order valence-electron chi connectivity index (χ0n) is 24.7. The minimum atomic E-state index is -2.90. The van der Waals surface area contributed by atoms with E-state index in [4.69, 9.17) is 26.6 Å². The molecule has 0 aliphatic rings. The monoisotopic (exact) mass is 537 g/mol. The Labute approximate surface area is 220 Å². The predicted octanol–water partition coefficient (Wildman–Crippen LogP) is 6.57. The zero-order chi connectivity index (χ0) is 26.7. The number of nitrogens with one attached hydrogen (secondary N) is 1. The van der Waals surface area contributed by atoms with Gasteiger partial charge in [-0.05, 0) is 67.2 Å². The summed E-state index contributed by atoms with van der Waals surface area (Å²) in [4.78, 5) is 0. The van der Waals surface area contributed by atoms with Crippen LogP contribution in [0.5, 0.6) is 0 Å². The summed E-state index contributed by atoms with van der Waals surface area (Å²) in [5.41, 5.74) is 0.336. The third kappa shape index (κ3) is 10.4. The van der Waals surface area contributed by atoms with Crippen molar-refractivity contribution in [1.82, 2.24) is 5.32 Å². The van der Waals surface area contributed by atoms with Crippen molar-refractivity contribution in [2.45, 2.75) is 131 Å². The summed E-state index contributed by atoms with van der Waals surface area (Å²) in [7, 11) is -5.79. The Balaban J connectivity index is 6.44. The molecule has 4 unspecified atom stereocenters. The summed E-state index contributed by atoms with van der Waals surface area (Å²) >= 11 is 0. The van der Waals surface area contributed by atoms with E-state index in [9.17, 15) is 0 Å². The highest BCUT2D eigenvalue weighted by atomic mass is 28.4. The van der Waals surface area contributed by atoms with Gasteiger partial charge in [0.05, 0.1) is 0 Å². The van der Waals surface area contributed by atoms with Crippen LogP contribution in [0.2, 0.25) is 11.1 Å². The second-order valence-corrected chi connectivity index (χ2v) is 14.4. The molecular formula is C26H59NO6Si2. The van der Waals surface area contributed by atoms with Gasteiger partial charge in [-0.1, -0.05) is 40.5 Å². The van der Waals surface area contributed by atoms with Crippen LogP contribution in [0.15, 0.2) is 0 Å². The van der Waals surface area contributed by atoms with Crippen LogP contribution in [0.3, 0.4) is 0 Å². The zero-order valence-corrected chi connectivity index (χ0v) is 26.7. The smallest absolute Gasteiger partial charge is 0.374 e. The van der Waals surface area contributed by atoms with E-state index in [0.29, 0.717) is 39.6 Å². The fourth-order valence-corrected chi connectivity index (χ4v) is 12.1. The topological polar surface area (TPSA) is 67.4 Å². The van der Waals surface area contributed by atoms with E-state index in [0.717, 1.165) is 38.5 Å². The Morgan fingerprint density at radius 1 is 0.457 bits per heavy atom. The Morgan fingerprint density at radius 2 is 0.714 bits per heavy atom. The molecule has 0 spiro atoms. The van der Waals surface area contributed by atoms with Gasteiger partial charge in [-0.2, -0.15) is 0 Å². The van der Waals surface area contributed by atoms with Crippen LogP contribution >= 0.6 is 0 Å². The van der Waals surface area contributed by atoms with Crippen LogP contribution in [0.4, 0.5) is 0 Å². The first-order valence-corrected chi connectivity index (χ1v) is 18.1. The molecule has 0 fully saturated rings. The molecule has 0 aromatic rings. The molecule has 0 saturated carbocycles. The normalized spacial score (nSPS) is 16.3. The van der Waals surface area contributed by atoms with E-state index in [1.165, 1.54) is 0 Å². The van der Waals surface area contributed by atoms with Crippen LogP contribution in [-0.2, 0) is 26.6 Å². The van der Waals surface area contributed by atoms with Gasteiger partial charge in [-0.25, -0.2) is 0 Å². The van der Waals surface area contributed by atoms with Gasteiger partial charge < -0.3 is 31.9 Å². The molecule has 0 saturated heterocycles. The first kappa shape index (κ1) is 35.2. The highest BCUT2D eigenvalue weighted by Gasteiger charge is 2.54. The fraction of sp³-hybridized carbons (Fsp3) is 1.00. The van der Waals surface area contributed by atoms with Crippen molar-refractivity contribution in [3.8, 4) is 0 Å². The third-order valence-corrected chi connectivity index (χ3v) is 14.0. The number of rotatable bonds is 24. The van der Waals surface area contributed by atoms with E-state index in [1.54, 1.807) is 0 Å². The van der Waals surface area contributed by atoms with Gasteiger partial charge >= 0.3 is 17.6 Å². The van der Waals surface area contributed by atoms with E-state index in [2.05, 4.69) is 33.0 Å². The van der Waals surface area contributed by atoms with E-state index >= 15 is 0 Å². The molecule has 0 bridgehead atoms. The summed E-state index contributed by atoms with van der Waals surface area (Å²) in [5, 5.41) is 4.11. The maximum atomic E-state index is 6.39. The van der Waals surface area contributed by atoms with Crippen molar-refractivity contribution in [2.75, 3.05) is 39.6 Å². The molecule has 0 heterocycles. The molecule has 4 atom stereocenters. The van der Waals surface area contributed by atoms with E-state index in [-0.39, 0.29) is 23.2 Å². The second kappa shape index (κ2) is 20.2. The largest absolute Gasteiger partial charge is 0.505 e. The molecule has 0 aliphatic carbocycles. The van der Waals surface area contributed by atoms with Gasteiger partial charge in [-0.15, -0.1) is 0 Å². The number of hydrogen-bond donors (Lipinski definition) is 1. The van der Waals surface area contributed by atoms with E-state index < -0.39 is 17.6 Å². The highest BCUT2D eigenvalue weighted by Crippen LogP contribution is 2.38. The van der Waals surface area contributed by atoms with Crippen LogP contribution in [0.25, 0.3) is 0 Å². The van der Waals surface area contributed by atoms with Crippen molar-refractivity contribution < 1.29 is 26.6 Å². The molecule has 35 heavy (non-hydrogen) atoms. The summed E-state index contributed by atoms with van der Waals surface area (Å²) in [6.07, 6.45) is 6.08. The van der Waals surface area contributed by atoms with Crippen molar-refractivity contribution >= 4 is 17.6 Å². The first-order chi connectivity index (χ1) is 16.9. The quantitative estimate of drug-likeness (QED) is 0.140. The first-order valence-electron chi connectivity index (χ1n) is 14.5. The Morgan fingerprint density at radius 3 is 0.886 bits per heavy atom. The molecule has 0 rings (SSSR count). The Hall–Kier alpha value is 0.154. The summed E-state index contributed by atoms with van der Waals surface area (Å²) in [5.74, 6) is 0. The highest BCUT2D eigenvalue weighted by molar-refractivity contribution is 6.63. The van der Waals surface area contributed by atoms with Gasteiger partial charge in [0.25, 0.3) is 0 Å². The minimum Gasteiger partial charge on any atom is -0.374 e. The van der Waals surface area contributed by atoms with Crippen LogP contribution in [0.1, 0.15) is 108 Å². The summed E-state index contributed by atoms with van der Waals surface area (Å²) < 4.78 is 38.3. The van der Waals surface area contributed by atoms with Crippen molar-refractivity contribution in [3.05, 3.63) is 0 Å². The van der Waals surface area contributed by atoms with Gasteiger partial charge in [0, 0.05) is 62.8 Å². The Bertz CT molecular complexity index is 426. The molecule has 9 heteroatoms. The molecule has 0 aromatic heterocycles. The maximum Gasteiger partial charge on any atom is 0.505 e. The van der Waals surface area contributed by atoms with Gasteiger partial charge in [0.1, 0.15) is 0 Å². The lowest BCUT2D eigenvalue weighted by Gasteiger charge is -2.44. The van der Waals surface area contributed by atoms with E-state index in [1.807, 2.05) is 41.5 Å². The van der Waals surface area contributed by atoms with Gasteiger partial charge in [0.15, 0.2) is 0 Å². The fourth-order valence-electron chi connectivity index (χ4n) is 5.36. The van der Waals surface area contributed by atoms with Crippen molar-refractivity contribution in [1.29, 1.82) is 0 Å². The molecular weight excluding hydrogens is 478 g/mol. The van der Waals surface area contributed by atoms with Gasteiger partial charge in [0.2, 0.25) is 0 Å². The maximum absolute atomic E-state index is 6.39. The molecule has 0 aliphatic heterocycles. The predicted molar refractivity (Wildman–Crippen MR) is 150 cm³/mol.